The quantitative estimate of drug-likeness (QED) is 0.339. The molecule has 0 saturated carbocycles. The van der Waals surface area contributed by atoms with Gasteiger partial charge in [0.1, 0.15) is 11.5 Å². The van der Waals surface area contributed by atoms with Crippen LogP contribution in [0.4, 0.5) is 0 Å². The van der Waals surface area contributed by atoms with Crippen molar-refractivity contribution in [2.24, 2.45) is 10.9 Å². The molecular weight excluding hydrogens is 330 g/mol. The highest BCUT2D eigenvalue weighted by atomic mass is 16.5. The van der Waals surface area contributed by atoms with Crippen molar-refractivity contribution >= 4 is 5.84 Å². The Morgan fingerprint density at radius 1 is 0.962 bits per heavy atom. The van der Waals surface area contributed by atoms with Gasteiger partial charge in [0, 0.05) is 5.56 Å². The van der Waals surface area contributed by atoms with Crippen LogP contribution in [0.5, 0.6) is 11.5 Å². The van der Waals surface area contributed by atoms with E-state index in [0.29, 0.717) is 17.7 Å². The Hall–Kier alpha value is -3.20. The summed E-state index contributed by atoms with van der Waals surface area (Å²) in [6.45, 7) is 5.53. The van der Waals surface area contributed by atoms with Gasteiger partial charge in [-0.25, -0.2) is 0 Å². The van der Waals surface area contributed by atoms with Crippen LogP contribution >= 0.6 is 0 Å². The maximum absolute atomic E-state index is 8.51. The van der Waals surface area contributed by atoms with E-state index in [4.69, 9.17) is 25.7 Å². The minimum atomic E-state index is 0.104. The molecule has 0 aliphatic rings. The van der Waals surface area contributed by atoms with Crippen molar-refractivity contribution in [2.75, 3.05) is 13.2 Å². The third kappa shape index (κ3) is 7.58. The molecule has 0 amide bonds. The summed E-state index contributed by atoms with van der Waals surface area (Å²) in [5, 5.41) is 19.8. The first-order chi connectivity index (χ1) is 12.6. The Morgan fingerprint density at radius 2 is 1.42 bits per heavy atom. The number of nitriles is 1. The number of rotatable bonds is 7. The fourth-order valence-corrected chi connectivity index (χ4v) is 1.85. The second kappa shape index (κ2) is 12.2. The van der Waals surface area contributed by atoms with E-state index >= 15 is 0 Å². The molecule has 0 bridgehead atoms. The standard InChI is InChI=1S/C10H14N2O2.C10H11NO/c1-2-7-14-9-5-3-8(4-6-9)10(11)12-13;1-2-7-12-10-5-3-9(8-11)4-6-10/h3-6,13H,2,7H2,1H3,(H2,11,12);3-6H,2,7H2,1H3. The summed E-state index contributed by atoms with van der Waals surface area (Å²) < 4.78 is 10.7. The van der Waals surface area contributed by atoms with Crippen LogP contribution in [-0.4, -0.2) is 24.3 Å². The van der Waals surface area contributed by atoms with E-state index in [1.165, 1.54) is 0 Å². The first kappa shape index (κ1) is 20.8. The minimum Gasteiger partial charge on any atom is -0.494 e. The van der Waals surface area contributed by atoms with Gasteiger partial charge in [-0.15, -0.1) is 0 Å². The average molecular weight is 355 g/mol. The van der Waals surface area contributed by atoms with Crippen molar-refractivity contribution in [3.8, 4) is 17.6 Å². The molecule has 6 heteroatoms. The molecule has 0 aromatic heterocycles. The molecule has 0 aliphatic carbocycles. The Balaban J connectivity index is 0.000000263. The summed E-state index contributed by atoms with van der Waals surface area (Å²) in [7, 11) is 0. The van der Waals surface area contributed by atoms with Crippen molar-refractivity contribution in [3.05, 3.63) is 59.7 Å². The molecule has 0 aliphatic heterocycles. The van der Waals surface area contributed by atoms with Gasteiger partial charge in [-0.3, -0.25) is 0 Å². The van der Waals surface area contributed by atoms with Crippen LogP contribution in [0.3, 0.4) is 0 Å². The van der Waals surface area contributed by atoms with Gasteiger partial charge in [-0.1, -0.05) is 19.0 Å². The lowest BCUT2D eigenvalue weighted by atomic mass is 10.2. The molecule has 0 atom stereocenters. The van der Waals surface area contributed by atoms with E-state index < -0.39 is 0 Å². The Morgan fingerprint density at radius 3 is 1.81 bits per heavy atom. The fraction of sp³-hybridized carbons (Fsp3) is 0.300. The summed E-state index contributed by atoms with van der Waals surface area (Å²) >= 11 is 0. The van der Waals surface area contributed by atoms with Gasteiger partial charge in [0.25, 0.3) is 0 Å². The molecule has 0 unspecified atom stereocenters. The zero-order chi connectivity index (χ0) is 19.2. The summed E-state index contributed by atoms with van der Waals surface area (Å²) in [5.74, 6) is 1.73. The van der Waals surface area contributed by atoms with E-state index in [1.54, 1.807) is 36.4 Å². The zero-order valence-corrected chi connectivity index (χ0v) is 15.2. The highest BCUT2D eigenvalue weighted by Gasteiger charge is 1.98. The Labute approximate surface area is 154 Å². The maximum atomic E-state index is 8.51. The monoisotopic (exact) mass is 355 g/mol. The van der Waals surface area contributed by atoms with Crippen LogP contribution in [0.15, 0.2) is 53.7 Å². The van der Waals surface area contributed by atoms with Crippen LogP contribution in [0.1, 0.15) is 37.8 Å². The number of oxime groups is 1. The predicted molar refractivity (Wildman–Crippen MR) is 102 cm³/mol. The van der Waals surface area contributed by atoms with Gasteiger partial charge < -0.3 is 20.4 Å². The third-order valence-electron chi connectivity index (χ3n) is 3.19. The van der Waals surface area contributed by atoms with Gasteiger partial charge >= 0.3 is 0 Å². The number of hydrogen-bond donors (Lipinski definition) is 2. The molecule has 138 valence electrons. The summed E-state index contributed by atoms with van der Waals surface area (Å²) in [6.07, 6.45) is 1.97. The molecule has 3 N–H and O–H groups in total. The SMILES string of the molecule is CCCOc1ccc(C#N)cc1.CCCOc1ccc(C(N)=NO)cc1. The van der Waals surface area contributed by atoms with Crippen LogP contribution in [0.2, 0.25) is 0 Å². The normalized spacial score (nSPS) is 10.3. The molecule has 2 aromatic rings. The largest absolute Gasteiger partial charge is 0.494 e. The molecule has 0 radical (unpaired) electrons. The molecule has 0 saturated heterocycles. The number of ether oxygens (including phenoxy) is 2. The first-order valence-corrected chi connectivity index (χ1v) is 8.48. The van der Waals surface area contributed by atoms with Crippen molar-refractivity contribution in [1.82, 2.24) is 0 Å². The zero-order valence-electron chi connectivity index (χ0n) is 15.2. The molecule has 0 fully saturated rings. The average Bonchev–Trinajstić information content (AvgIpc) is 2.71. The summed E-state index contributed by atoms with van der Waals surface area (Å²) in [5.41, 5.74) is 6.75. The summed E-state index contributed by atoms with van der Waals surface area (Å²) in [6, 6.07) is 16.3. The van der Waals surface area contributed by atoms with Crippen LogP contribution < -0.4 is 15.2 Å². The third-order valence-corrected chi connectivity index (χ3v) is 3.19. The van der Waals surface area contributed by atoms with Crippen LogP contribution in [0, 0.1) is 11.3 Å². The van der Waals surface area contributed by atoms with E-state index in [2.05, 4.69) is 18.1 Å². The number of amidine groups is 1. The number of nitrogens with zero attached hydrogens (tertiary/aromatic N) is 2. The topological polar surface area (TPSA) is 101 Å². The van der Waals surface area contributed by atoms with Crippen LogP contribution in [-0.2, 0) is 0 Å². The number of benzene rings is 2. The maximum Gasteiger partial charge on any atom is 0.170 e. The molecule has 26 heavy (non-hydrogen) atoms. The van der Waals surface area contributed by atoms with Gasteiger partial charge in [-0.2, -0.15) is 5.26 Å². The van der Waals surface area contributed by atoms with E-state index in [-0.39, 0.29) is 5.84 Å². The summed E-state index contributed by atoms with van der Waals surface area (Å²) in [4.78, 5) is 0. The highest BCUT2D eigenvalue weighted by Crippen LogP contribution is 2.12. The lowest BCUT2D eigenvalue weighted by Gasteiger charge is -2.04. The molecule has 0 heterocycles. The molecule has 6 nitrogen and oxygen atoms in total. The number of hydrogen-bond acceptors (Lipinski definition) is 5. The van der Waals surface area contributed by atoms with Gasteiger partial charge in [-0.05, 0) is 61.4 Å². The second-order valence-corrected chi connectivity index (χ2v) is 5.34. The lowest BCUT2D eigenvalue weighted by molar-refractivity contribution is 0.316. The molecule has 2 aromatic carbocycles. The fourth-order valence-electron chi connectivity index (χ4n) is 1.85. The molecule has 0 spiro atoms. The van der Waals surface area contributed by atoms with Crippen molar-refractivity contribution < 1.29 is 14.7 Å². The van der Waals surface area contributed by atoms with Gasteiger partial charge in [0.05, 0.1) is 24.8 Å². The van der Waals surface area contributed by atoms with Crippen LogP contribution in [0.25, 0.3) is 0 Å². The van der Waals surface area contributed by atoms with Gasteiger partial charge in [0.15, 0.2) is 5.84 Å². The highest BCUT2D eigenvalue weighted by molar-refractivity contribution is 5.97. The van der Waals surface area contributed by atoms with Crippen molar-refractivity contribution in [1.29, 1.82) is 5.26 Å². The van der Waals surface area contributed by atoms with E-state index in [9.17, 15) is 0 Å². The Kier molecular flexibility index (Phi) is 9.78. The molecule has 2 rings (SSSR count). The first-order valence-electron chi connectivity index (χ1n) is 8.48. The Bertz CT molecular complexity index is 705. The lowest BCUT2D eigenvalue weighted by Crippen LogP contribution is -2.12. The van der Waals surface area contributed by atoms with Crippen molar-refractivity contribution in [3.63, 3.8) is 0 Å². The van der Waals surface area contributed by atoms with E-state index in [1.807, 2.05) is 19.1 Å². The minimum absolute atomic E-state index is 0.104. The van der Waals surface area contributed by atoms with Crippen molar-refractivity contribution in [2.45, 2.75) is 26.7 Å². The second-order valence-electron chi connectivity index (χ2n) is 5.34. The van der Waals surface area contributed by atoms with Gasteiger partial charge in [0.2, 0.25) is 0 Å². The predicted octanol–water partition coefficient (Wildman–Crippen LogP) is 3.92. The number of nitrogens with two attached hydrogens (primary N) is 1. The molecular formula is C20H25N3O3. The van der Waals surface area contributed by atoms with E-state index in [0.717, 1.165) is 30.9 Å². The smallest absolute Gasteiger partial charge is 0.170 e.